The number of carbonyl (C=O) groups excluding carboxylic acids is 1. The number of rotatable bonds is 5. The van der Waals surface area contributed by atoms with Crippen LogP contribution in [0.15, 0.2) is 42.5 Å². The Labute approximate surface area is 129 Å². The van der Waals surface area contributed by atoms with Gasteiger partial charge in [-0.1, -0.05) is 35.9 Å². The van der Waals surface area contributed by atoms with E-state index in [1.54, 1.807) is 0 Å². The molecule has 1 N–H and O–H groups in total. The van der Waals surface area contributed by atoms with Crippen molar-refractivity contribution >= 4 is 17.4 Å². The summed E-state index contributed by atoms with van der Waals surface area (Å²) in [7, 11) is 0. The largest absolute Gasteiger partial charge is 0.351 e. The average molecular weight is 293 g/mol. The number of imidazole rings is 1. The molecule has 1 aromatic heterocycles. The molecule has 112 valence electrons. The van der Waals surface area contributed by atoms with Crippen molar-refractivity contribution < 1.29 is 4.79 Å². The highest BCUT2D eigenvalue weighted by atomic mass is 16.1. The molecule has 0 aliphatic heterocycles. The van der Waals surface area contributed by atoms with Crippen molar-refractivity contribution in [2.75, 3.05) is 0 Å². The third kappa shape index (κ3) is 2.72. The highest BCUT2D eigenvalue weighted by Gasteiger charge is 2.11. The molecular formula is C18H19N3O. The van der Waals surface area contributed by atoms with Crippen LogP contribution in [0.4, 0.5) is 0 Å². The van der Waals surface area contributed by atoms with Gasteiger partial charge < -0.3 is 9.88 Å². The van der Waals surface area contributed by atoms with Crippen LogP contribution in [0.5, 0.6) is 0 Å². The van der Waals surface area contributed by atoms with E-state index in [2.05, 4.69) is 53.0 Å². The summed E-state index contributed by atoms with van der Waals surface area (Å²) < 4.78 is 2.17. The van der Waals surface area contributed by atoms with Crippen LogP contribution in [0.1, 0.15) is 22.5 Å². The Morgan fingerprint density at radius 3 is 2.82 bits per heavy atom. The second-order valence-electron chi connectivity index (χ2n) is 5.53. The number of benzene rings is 2. The summed E-state index contributed by atoms with van der Waals surface area (Å²) in [5, 5.41) is 2.71. The lowest BCUT2D eigenvalue weighted by Gasteiger charge is -2.12. The van der Waals surface area contributed by atoms with Crippen LogP contribution in [0.2, 0.25) is 0 Å². The maximum absolute atomic E-state index is 10.6. The van der Waals surface area contributed by atoms with Crippen LogP contribution in [0, 0.1) is 13.8 Å². The molecule has 0 atom stereocenters. The van der Waals surface area contributed by atoms with Gasteiger partial charge in [0.05, 0.1) is 17.6 Å². The number of nitrogens with one attached hydrogen (secondary N) is 1. The molecule has 4 heteroatoms. The maximum atomic E-state index is 10.6. The number of nitrogens with zero attached hydrogens (tertiary/aromatic N) is 2. The van der Waals surface area contributed by atoms with Crippen LogP contribution >= 0.6 is 0 Å². The molecule has 0 radical (unpaired) electrons. The number of aryl methyl sites for hydroxylation is 2. The van der Waals surface area contributed by atoms with Crippen molar-refractivity contribution in [3.8, 4) is 0 Å². The molecule has 4 nitrogen and oxygen atoms in total. The van der Waals surface area contributed by atoms with Crippen LogP contribution < -0.4 is 5.32 Å². The molecule has 0 spiro atoms. The van der Waals surface area contributed by atoms with Crippen molar-refractivity contribution in [2.45, 2.75) is 26.9 Å². The first-order chi connectivity index (χ1) is 10.7. The van der Waals surface area contributed by atoms with E-state index in [1.165, 1.54) is 16.7 Å². The molecule has 3 rings (SSSR count). The highest BCUT2D eigenvalue weighted by Crippen LogP contribution is 2.20. The van der Waals surface area contributed by atoms with Gasteiger partial charge in [-0.2, -0.15) is 0 Å². The number of aromatic nitrogens is 2. The third-order valence-corrected chi connectivity index (χ3v) is 3.91. The van der Waals surface area contributed by atoms with E-state index in [-0.39, 0.29) is 0 Å². The zero-order valence-electron chi connectivity index (χ0n) is 12.8. The Balaban J connectivity index is 2.07. The van der Waals surface area contributed by atoms with Gasteiger partial charge in [-0.05, 0) is 37.1 Å². The molecule has 3 aromatic rings. The normalized spacial score (nSPS) is 10.8. The predicted octanol–water partition coefficient (Wildman–Crippen LogP) is 2.95. The first kappa shape index (κ1) is 14.3. The summed E-state index contributed by atoms with van der Waals surface area (Å²) in [5.41, 5.74) is 5.83. The summed E-state index contributed by atoms with van der Waals surface area (Å²) in [6.45, 7) is 5.41. The minimum atomic E-state index is 0.434. The molecule has 0 unspecified atom stereocenters. The first-order valence-corrected chi connectivity index (χ1v) is 7.36. The van der Waals surface area contributed by atoms with Gasteiger partial charge in [0.15, 0.2) is 0 Å². The van der Waals surface area contributed by atoms with Crippen molar-refractivity contribution in [1.29, 1.82) is 0 Å². The predicted molar refractivity (Wildman–Crippen MR) is 87.7 cm³/mol. The molecule has 0 aliphatic carbocycles. The van der Waals surface area contributed by atoms with Crippen LogP contribution in [0.3, 0.4) is 0 Å². The van der Waals surface area contributed by atoms with Gasteiger partial charge in [0.1, 0.15) is 5.82 Å². The number of amides is 1. The standard InChI is InChI=1S/C18H19N3O/c1-13-7-8-14(2)15(9-13)11-21-17-6-4-3-5-16(17)20-18(21)10-19-12-22/h3-9,12H,10-11H2,1-2H3,(H,19,22). The summed E-state index contributed by atoms with van der Waals surface area (Å²) in [6, 6.07) is 14.5. The van der Waals surface area contributed by atoms with Crippen molar-refractivity contribution in [3.05, 3.63) is 65.0 Å². The topological polar surface area (TPSA) is 46.9 Å². The molecule has 1 heterocycles. The summed E-state index contributed by atoms with van der Waals surface area (Å²) in [5.74, 6) is 0.870. The number of fused-ring (bicyclic) bond motifs is 1. The molecule has 0 fully saturated rings. The Morgan fingerprint density at radius 2 is 2.00 bits per heavy atom. The molecule has 2 aromatic carbocycles. The second kappa shape index (κ2) is 6.02. The van der Waals surface area contributed by atoms with Crippen LogP contribution in [0.25, 0.3) is 11.0 Å². The molecule has 0 aliphatic rings. The molecule has 0 bridgehead atoms. The number of hydrogen-bond acceptors (Lipinski definition) is 2. The number of para-hydroxylation sites is 2. The van der Waals surface area contributed by atoms with E-state index in [4.69, 9.17) is 0 Å². The Bertz CT molecular complexity index is 820. The summed E-state index contributed by atoms with van der Waals surface area (Å²) in [4.78, 5) is 15.3. The second-order valence-corrected chi connectivity index (χ2v) is 5.53. The lowest BCUT2D eigenvalue weighted by Crippen LogP contribution is -2.16. The molecular weight excluding hydrogens is 274 g/mol. The molecule has 1 amide bonds. The van der Waals surface area contributed by atoms with E-state index in [1.807, 2.05) is 18.2 Å². The lowest BCUT2D eigenvalue weighted by atomic mass is 10.1. The van der Waals surface area contributed by atoms with Gasteiger partial charge >= 0.3 is 0 Å². The van der Waals surface area contributed by atoms with Crippen molar-refractivity contribution in [2.24, 2.45) is 0 Å². The highest BCUT2D eigenvalue weighted by molar-refractivity contribution is 5.76. The SMILES string of the molecule is Cc1ccc(C)c(Cn2c(CNC=O)nc3ccccc32)c1. The van der Waals surface area contributed by atoms with Crippen LogP contribution in [-0.2, 0) is 17.9 Å². The fraction of sp³-hybridized carbons (Fsp3) is 0.222. The van der Waals surface area contributed by atoms with E-state index in [0.29, 0.717) is 13.0 Å². The zero-order valence-corrected chi connectivity index (χ0v) is 12.8. The monoisotopic (exact) mass is 293 g/mol. The molecule has 22 heavy (non-hydrogen) atoms. The first-order valence-electron chi connectivity index (χ1n) is 7.36. The van der Waals surface area contributed by atoms with E-state index in [9.17, 15) is 4.79 Å². The lowest BCUT2D eigenvalue weighted by molar-refractivity contribution is -0.109. The molecule has 0 saturated heterocycles. The minimum Gasteiger partial charge on any atom is -0.351 e. The van der Waals surface area contributed by atoms with E-state index < -0.39 is 0 Å². The minimum absolute atomic E-state index is 0.434. The zero-order chi connectivity index (χ0) is 15.5. The molecule has 0 saturated carbocycles. The summed E-state index contributed by atoms with van der Waals surface area (Å²) in [6.07, 6.45) is 0.710. The van der Waals surface area contributed by atoms with Gasteiger partial charge in [0, 0.05) is 6.54 Å². The third-order valence-electron chi connectivity index (χ3n) is 3.91. The van der Waals surface area contributed by atoms with Gasteiger partial charge in [-0.25, -0.2) is 4.98 Å². The Morgan fingerprint density at radius 1 is 1.18 bits per heavy atom. The van der Waals surface area contributed by atoms with E-state index in [0.717, 1.165) is 23.4 Å². The van der Waals surface area contributed by atoms with Gasteiger partial charge in [0.2, 0.25) is 6.41 Å². The van der Waals surface area contributed by atoms with E-state index >= 15 is 0 Å². The quantitative estimate of drug-likeness (QED) is 0.735. The smallest absolute Gasteiger partial charge is 0.207 e. The maximum Gasteiger partial charge on any atom is 0.207 e. The Hall–Kier alpha value is -2.62. The van der Waals surface area contributed by atoms with Crippen molar-refractivity contribution in [1.82, 2.24) is 14.9 Å². The average Bonchev–Trinajstić information content (AvgIpc) is 2.87. The fourth-order valence-electron chi connectivity index (χ4n) is 2.71. The Kier molecular flexibility index (Phi) is 3.92. The number of hydrogen-bond donors (Lipinski definition) is 1. The number of carbonyl (C=O) groups is 1. The van der Waals surface area contributed by atoms with Crippen LogP contribution in [-0.4, -0.2) is 16.0 Å². The summed E-state index contributed by atoms with van der Waals surface area (Å²) >= 11 is 0. The fourth-order valence-corrected chi connectivity index (χ4v) is 2.71. The van der Waals surface area contributed by atoms with Crippen molar-refractivity contribution in [3.63, 3.8) is 0 Å². The van der Waals surface area contributed by atoms with Gasteiger partial charge in [0.25, 0.3) is 0 Å². The van der Waals surface area contributed by atoms with Gasteiger partial charge in [-0.3, -0.25) is 4.79 Å². The van der Waals surface area contributed by atoms with Gasteiger partial charge in [-0.15, -0.1) is 0 Å².